The molecule has 132 valence electrons. The van der Waals surface area contributed by atoms with Gasteiger partial charge in [0.15, 0.2) is 5.82 Å². The quantitative estimate of drug-likeness (QED) is 0.703. The molecule has 0 unspecified atom stereocenters. The number of fused-ring (bicyclic) bond motifs is 1. The number of nitrogens with zero attached hydrogens (tertiary/aromatic N) is 4. The van der Waals surface area contributed by atoms with Gasteiger partial charge >= 0.3 is 0 Å². The summed E-state index contributed by atoms with van der Waals surface area (Å²) >= 11 is 6.43. The third-order valence-electron chi connectivity index (χ3n) is 4.59. The molecule has 0 radical (unpaired) electrons. The molecule has 0 atom stereocenters. The second-order valence-corrected chi connectivity index (χ2v) is 6.68. The van der Waals surface area contributed by atoms with Crippen LogP contribution < -0.4 is 4.74 Å². The predicted octanol–water partition coefficient (Wildman–Crippen LogP) is 3.76. The molecule has 0 aliphatic carbocycles. The molecule has 1 aliphatic heterocycles. The molecule has 5 nitrogen and oxygen atoms in total. The highest BCUT2D eigenvalue weighted by Crippen LogP contribution is 2.30. The number of benzene rings is 1. The molecule has 3 aromatic rings. The summed E-state index contributed by atoms with van der Waals surface area (Å²) in [5.41, 5.74) is 4.30. The lowest BCUT2D eigenvalue weighted by Crippen LogP contribution is -2.31. The Kier molecular flexibility index (Phi) is 4.82. The summed E-state index contributed by atoms with van der Waals surface area (Å²) in [6.07, 6.45) is 6.38. The van der Waals surface area contributed by atoms with Gasteiger partial charge in [-0.05, 0) is 23.8 Å². The molecule has 3 heterocycles. The first-order valence-electron chi connectivity index (χ1n) is 8.53. The van der Waals surface area contributed by atoms with E-state index in [0.717, 1.165) is 48.7 Å². The van der Waals surface area contributed by atoms with Gasteiger partial charge in [0.05, 0.1) is 17.8 Å². The van der Waals surface area contributed by atoms with Crippen molar-refractivity contribution in [2.45, 2.75) is 19.5 Å². The van der Waals surface area contributed by atoms with Crippen molar-refractivity contribution in [2.75, 3.05) is 13.7 Å². The van der Waals surface area contributed by atoms with E-state index in [0.29, 0.717) is 10.8 Å². The Hall–Kier alpha value is -2.50. The first-order valence-corrected chi connectivity index (χ1v) is 8.91. The van der Waals surface area contributed by atoms with Crippen LogP contribution in [0.1, 0.15) is 16.8 Å². The molecular weight excluding hydrogens is 348 g/mol. The number of aromatic nitrogens is 3. The van der Waals surface area contributed by atoms with E-state index in [1.165, 1.54) is 5.56 Å². The van der Waals surface area contributed by atoms with Crippen LogP contribution in [-0.4, -0.2) is 33.5 Å². The van der Waals surface area contributed by atoms with Crippen LogP contribution in [0.4, 0.5) is 0 Å². The molecule has 0 saturated carbocycles. The molecule has 1 aromatic carbocycles. The van der Waals surface area contributed by atoms with E-state index in [1.54, 1.807) is 19.5 Å². The average Bonchev–Trinajstić information content (AvgIpc) is 2.70. The maximum atomic E-state index is 6.43. The molecule has 0 bridgehead atoms. The van der Waals surface area contributed by atoms with E-state index >= 15 is 0 Å². The highest BCUT2D eigenvalue weighted by molar-refractivity contribution is 6.32. The zero-order valence-corrected chi connectivity index (χ0v) is 15.3. The topological polar surface area (TPSA) is 51.1 Å². The molecule has 6 heteroatoms. The average molecular weight is 367 g/mol. The molecule has 0 saturated heterocycles. The Bertz CT molecular complexity index is 917. The van der Waals surface area contributed by atoms with Crippen LogP contribution in [-0.2, 0) is 19.5 Å². The van der Waals surface area contributed by atoms with Crippen LogP contribution in [0.5, 0.6) is 5.75 Å². The van der Waals surface area contributed by atoms with Crippen molar-refractivity contribution in [3.63, 3.8) is 0 Å². The number of hydrogen-bond acceptors (Lipinski definition) is 5. The minimum atomic E-state index is 0.684. The van der Waals surface area contributed by atoms with E-state index in [4.69, 9.17) is 21.3 Å². The van der Waals surface area contributed by atoms with E-state index < -0.39 is 0 Å². The van der Waals surface area contributed by atoms with Gasteiger partial charge in [0.1, 0.15) is 5.75 Å². The lowest BCUT2D eigenvalue weighted by Gasteiger charge is -2.28. The van der Waals surface area contributed by atoms with Crippen molar-refractivity contribution in [1.29, 1.82) is 0 Å². The van der Waals surface area contributed by atoms with E-state index in [9.17, 15) is 0 Å². The number of ether oxygens (including phenoxy) is 1. The van der Waals surface area contributed by atoms with Crippen molar-refractivity contribution >= 4 is 11.6 Å². The summed E-state index contributed by atoms with van der Waals surface area (Å²) in [4.78, 5) is 15.8. The van der Waals surface area contributed by atoms with Gasteiger partial charge in [-0.2, -0.15) is 0 Å². The second kappa shape index (κ2) is 7.40. The van der Waals surface area contributed by atoms with Crippen LogP contribution in [0.15, 0.2) is 48.9 Å². The molecule has 4 rings (SSSR count). The minimum absolute atomic E-state index is 0.684. The Morgan fingerprint density at radius 1 is 1.19 bits per heavy atom. The Labute approximate surface area is 157 Å². The van der Waals surface area contributed by atoms with Gasteiger partial charge in [0.25, 0.3) is 0 Å². The predicted molar refractivity (Wildman–Crippen MR) is 101 cm³/mol. The number of pyridine rings is 1. The maximum Gasteiger partial charge on any atom is 0.160 e. The SMILES string of the molecule is COc1cccc(CN2CCc3nc(-c4cccnc4)ncc3C2)c1Cl. The Balaban J connectivity index is 1.52. The van der Waals surface area contributed by atoms with E-state index in [-0.39, 0.29) is 0 Å². The number of hydrogen-bond donors (Lipinski definition) is 0. The van der Waals surface area contributed by atoms with Gasteiger partial charge in [-0.25, -0.2) is 9.97 Å². The maximum absolute atomic E-state index is 6.43. The monoisotopic (exact) mass is 366 g/mol. The second-order valence-electron chi connectivity index (χ2n) is 6.30. The Morgan fingerprint density at radius 3 is 2.92 bits per heavy atom. The molecule has 26 heavy (non-hydrogen) atoms. The van der Waals surface area contributed by atoms with Crippen molar-refractivity contribution in [3.8, 4) is 17.1 Å². The van der Waals surface area contributed by atoms with Crippen molar-refractivity contribution < 1.29 is 4.74 Å². The third kappa shape index (κ3) is 3.41. The molecule has 2 aromatic heterocycles. The normalized spacial score (nSPS) is 14.1. The lowest BCUT2D eigenvalue weighted by molar-refractivity contribution is 0.242. The fraction of sp³-hybridized carbons (Fsp3) is 0.250. The van der Waals surface area contributed by atoms with E-state index in [1.807, 2.05) is 36.5 Å². The largest absolute Gasteiger partial charge is 0.495 e. The van der Waals surface area contributed by atoms with Crippen LogP contribution in [0.3, 0.4) is 0 Å². The fourth-order valence-corrected chi connectivity index (χ4v) is 3.48. The van der Waals surface area contributed by atoms with E-state index in [2.05, 4.69) is 14.9 Å². The fourth-order valence-electron chi connectivity index (χ4n) is 3.22. The van der Waals surface area contributed by atoms with Crippen molar-refractivity contribution in [3.05, 3.63) is 70.8 Å². The van der Waals surface area contributed by atoms with Crippen LogP contribution >= 0.6 is 11.6 Å². The summed E-state index contributed by atoms with van der Waals surface area (Å²) in [5, 5.41) is 0.684. The number of methoxy groups -OCH3 is 1. The van der Waals surface area contributed by atoms with Gasteiger partial charge in [0.2, 0.25) is 0 Å². The van der Waals surface area contributed by atoms with Gasteiger partial charge in [0, 0.05) is 55.8 Å². The van der Waals surface area contributed by atoms with Gasteiger partial charge in [-0.15, -0.1) is 0 Å². The van der Waals surface area contributed by atoms with Gasteiger partial charge < -0.3 is 4.74 Å². The molecule has 0 spiro atoms. The van der Waals surface area contributed by atoms with Crippen LogP contribution in [0.25, 0.3) is 11.4 Å². The van der Waals surface area contributed by atoms with Crippen LogP contribution in [0, 0.1) is 0 Å². The molecule has 0 amide bonds. The zero-order chi connectivity index (χ0) is 17.9. The van der Waals surface area contributed by atoms with Gasteiger partial charge in [-0.1, -0.05) is 23.7 Å². The molecule has 1 aliphatic rings. The standard InChI is InChI=1S/C20H19ClN4O/c1-26-18-6-2-4-15(19(18)21)12-25-9-7-17-16(13-25)11-23-20(24-17)14-5-3-8-22-10-14/h2-6,8,10-11H,7,9,12-13H2,1H3. The number of rotatable bonds is 4. The van der Waals surface area contributed by atoms with Crippen molar-refractivity contribution in [1.82, 2.24) is 19.9 Å². The summed E-state index contributed by atoms with van der Waals surface area (Å²) < 4.78 is 5.31. The summed E-state index contributed by atoms with van der Waals surface area (Å²) in [7, 11) is 1.64. The molecule has 0 fully saturated rings. The Morgan fingerprint density at radius 2 is 2.12 bits per heavy atom. The molecule has 0 N–H and O–H groups in total. The summed E-state index contributed by atoms with van der Waals surface area (Å²) in [6.45, 7) is 2.53. The smallest absolute Gasteiger partial charge is 0.160 e. The van der Waals surface area contributed by atoms with Crippen molar-refractivity contribution in [2.24, 2.45) is 0 Å². The zero-order valence-electron chi connectivity index (χ0n) is 14.5. The third-order valence-corrected chi connectivity index (χ3v) is 5.02. The van der Waals surface area contributed by atoms with Gasteiger partial charge in [-0.3, -0.25) is 9.88 Å². The number of halogens is 1. The highest BCUT2D eigenvalue weighted by Gasteiger charge is 2.20. The lowest BCUT2D eigenvalue weighted by atomic mass is 10.1. The summed E-state index contributed by atoms with van der Waals surface area (Å²) in [6, 6.07) is 9.78. The van der Waals surface area contributed by atoms with Crippen LogP contribution in [0.2, 0.25) is 5.02 Å². The molecular formula is C20H19ClN4O. The summed E-state index contributed by atoms with van der Waals surface area (Å²) in [5.74, 6) is 1.45. The first-order chi connectivity index (χ1) is 12.7. The highest BCUT2D eigenvalue weighted by atomic mass is 35.5. The first kappa shape index (κ1) is 16.9. The minimum Gasteiger partial charge on any atom is -0.495 e.